The van der Waals surface area contributed by atoms with Gasteiger partial charge in [-0.2, -0.15) is 0 Å². The molecule has 2 heteroatoms. The molecule has 254 valence electrons. The number of fused-ring (bicyclic) bond motifs is 5. The van der Waals surface area contributed by atoms with Crippen LogP contribution in [0, 0.1) is 0 Å². The van der Waals surface area contributed by atoms with Crippen molar-refractivity contribution in [2.24, 2.45) is 0 Å². The molecule has 0 radical (unpaired) electrons. The van der Waals surface area contributed by atoms with Crippen molar-refractivity contribution in [1.82, 2.24) is 0 Å². The highest BCUT2D eigenvalue weighted by atomic mass is 16.3. The van der Waals surface area contributed by atoms with E-state index in [2.05, 4.69) is 217 Å². The number of rotatable bonds is 7. The van der Waals surface area contributed by atoms with Crippen molar-refractivity contribution in [3.05, 3.63) is 212 Å². The first kappa shape index (κ1) is 31.6. The van der Waals surface area contributed by atoms with Gasteiger partial charge in [0.2, 0.25) is 0 Å². The van der Waals surface area contributed by atoms with E-state index in [1.807, 2.05) is 0 Å². The molecule has 0 N–H and O–H groups in total. The number of hydrogen-bond acceptors (Lipinski definition) is 2. The van der Waals surface area contributed by atoms with Crippen molar-refractivity contribution in [3.63, 3.8) is 0 Å². The normalized spacial score (nSPS) is 11.3. The van der Waals surface area contributed by atoms with Gasteiger partial charge in [0.1, 0.15) is 11.2 Å². The lowest BCUT2D eigenvalue weighted by Gasteiger charge is -2.28. The molecule has 0 aliphatic heterocycles. The third kappa shape index (κ3) is 5.62. The highest BCUT2D eigenvalue weighted by Gasteiger charge is 2.19. The number of para-hydroxylation sites is 2. The minimum absolute atomic E-state index is 0.918. The third-order valence-corrected chi connectivity index (χ3v) is 10.5. The molecular weight excluding hydrogens is 655 g/mol. The van der Waals surface area contributed by atoms with Crippen LogP contribution >= 0.6 is 0 Å². The summed E-state index contributed by atoms with van der Waals surface area (Å²) in [5, 5.41) is 4.60. The smallest absolute Gasteiger partial charge is 0.143 e. The van der Waals surface area contributed by atoms with Crippen LogP contribution in [0.2, 0.25) is 0 Å². The second-order valence-corrected chi connectivity index (χ2v) is 13.7. The largest absolute Gasteiger partial charge is 0.455 e. The molecule has 0 bridgehead atoms. The lowest BCUT2D eigenvalue weighted by Crippen LogP contribution is -2.11. The lowest BCUT2D eigenvalue weighted by atomic mass is 9.97. The maximum absolute atomic E-state index is 6.68. The average Bonchev–Trinajstić information content (AvgIpc) is 3.65. The van der Waals surface area contributed by atoms with Gasteiger partial charge in [0, 0.05) is 38.7 Å². The van der Waals surface area contributed by atoms with Gasteiger partial charge in [-0.1, -0.05) is 176 Å². The van der Waals surface area contributed by atoms with E-state index in [-0.39, 0.29) is 0 Å². The number of furan rings is 1. The molecule has 0 saturated carbocycles. The molecule has 0 saturated heterocycles. The quantitative estimate of drug-likeness (QED) is 0.166. The van der Waals surface area contributed by atoms with E-state index < -0.39 is 0 Å². The maximum Gasteiger partial charge on any atom is 0.143 e. The van der Waals surface area contributed by atoms with Gasteiger partial charge < -0.3 is 9.32 Å². The predicted molar refractivity (Wildman–Crippen MR) is 228 cm³/mol. The van der Waals surface area contributed by atoms with Crippen molar-refractivity contribution in [2.75, 3.05) is 4.90 Å². The Labute approximate surface area is 314 Å². The molecule has 10 rings (SSSR count). The van der Waals surface area contributed by atoms with Crippen LogP contribution in [0.25, 0.3) is 77.2 Å². The van der Waals surface area contributed by atoms with E-state index in [0.29, 0.717) is 0 Å². The summed E-state index contributed by atoms with van der Waals surface area (Å²) in [4.78, 5) is 2.37. The van der Waals surface area contributed by atoms with Crippen LogP contribution in [0.5, 0.6) is 0 Å². The van der Waals surface area contributed by atoms with E-state index in [9.17, 15) is 0 Å². The van der Waals surface area contributed by atoms with Crippen LogP contribution in [-0.4, -0.2) is 0 Å². The number of hydrogen-bond donors (Lipinski definition) is 0. The summed E-state index contributed by atoms with van der Waals surface area (Å²) >= 11 is 0. The number of nitrogens with zero attached hydrogens (tertiary/aromatic N) is 1. The molecule has 0 aliphatic rings. The zero-order chi connectivity index (χ0) is 35.8. The van der Waals surface area contributed by atoms with Crippen molar-refractivity contribution in [1.29, 1.82) is 0 Å². The Morgan fingerprint density at radius 1 is 0.278 bits per heavy atom. The van der Waals surface area contributed by atoms with E-state index >= 15 is 0 Å². The topological polar surface area (TPSA) is 16.4 Å². The second kappa shape index (κ2) is 13.4. The number of anilines is 3. The summed E-state index contributed by atoms with van der Waals surface area (Å²) in [6.07, 6.45) is 0. The van der Waals surface area contributed by atoms with Gasteiger partial charge in [-0.05, 0) is 75.2 Å². The monoisotopic (exact) mass is 689 g/mol. The Kier molecular flexibility index (Phi) is 7.85. The molecule has 1 aromatic heterocycles. The summed E-state index contributed by atoms with van der Waals surface area (Å²) in [7, 11) is 0. The first-order valence-corrected chi connectivity index (χ1v) is 18.4. The van der Waals surface area contributed by atoms with Crippen LogP contribution in [-0.2, 0) is 0 Å². The lowest BCUT2D eigenvalue weighted by molar-refractivity contribution is 0.674. The third-order valence-electron chi connectivity index (χ3n) is 10.5. The molecule has 9 aromatic carbocycles. The molecule has 0 spiro atoms. The van der Waals surface area contributed by atoms with Gasteiger partial charge in [-0.15, -0.1) is 0 Å². The second-order valence-electron chi connectivity index (χ2n) is 13.7. The van der Waals surface area contributed by atoms with Gasteiger partial charge in [-0.25, -0.2) is 0 Å². The predicted octanol–water partition coefficient (Wildman–Crippen LogP) is 14.9. The van der Waals surface area contributed by atoms with Crippen molar-refractivity contribution >= 4 is 49.8 Å². The molecule has 2 nitrogen and oxygen atoms in total. The Morgan fingerprint density at radius 3 is 1.39 bits per heavy atom. The molecular formula is C52H35NO. The van der Waals surface area contributed by atoms with E-state index in [0.717, 1.165) is 66.6 Å². The van der Waals surface area contributed by atoms with Gasteiger partial charge in [-0.3, -0.25) is 0 Å². The summed E-state index contributed by atoms with van der Waals surface area (Å²) < 4.78 is 6.68. The van der Waals surface area contributed by atoms with E-state index in [4.69, 9.17) is 4.42 Å². The summed E-state index contributed by atoms with van der Waals surface area (Å²) in [5.74, 6) is 0. The Morgan fingerprint density at radius 2 is 0.741 bits per heavy atom. The van der Waals surface area contributed by atoms with Crippen LogP contribution in [0.1, 0.15) is 0 Å². The minimum atomic E-state index is 0.918. The Bertz CT molecular complexity index is 2810. The molecule has 0 aliphatic carbocycles. The van der Waals surface area contributed by atoms with Crippen LogP contribution < -0.4 is 4.90 Å². The Balaban J connectivity index is 1.06. The zero-order valence-corrected chi connectivity index (χ0v) is 29.6. The highest BCUT2D eigenvalue weighted by Crippen LogP contribution is 2.43. The molecule has 10 aromatic rings. The average molecular weight is 690 g/mol. The highest BCUT2D eigenvalue weighted by molar-refractivity contribution is 6.17. The molecule has 0 fully saturated rings. The number of benzene rings is 9. The standard InChI is InChI=1S/C52H35NO/c1-3-12-36(13-4-1)38-26-31-43(32-27-38)53(44-33-28-39(29-34-44)37-14-5-2-6-15-37)50-21-10-9-17-45(50)41-22-24-42(25-23-41)47-19-11-20-48-49-35-30-40-16-7-8-18-46(40)52(49)54-51(47)48/h1-35H. The fraction of sp³-hybridized carbons (Fsp3) is 0. The molecule has 0 unspecified atom stereocenters. The van der Waals surface area contributed by atoms with Gasteiger partial charge >= 0.3 is 0 Å². The summed E-state index contributed by atoms with van der Waals surface area (Å²) in [5.41, 5.74) is 14.4. The Hall–Kier alpha value is -7.16. The van der Waals surface area contributed by atoms with Crippen molar-refractivity contribution in [2.45, 2.75) is 0 Å². The summed E-state index contributed by atoms with van der Waals surface area (Å²) in [6.45, 7) is 0. The van der Waals surface area contributed by atoms with Crippen LogP contribution in [0.15, 0.2) is 217 Å². The zero-order valence-electron chi connectivity index (χ0n) is 29.6. The molecule has 1 heterocycles. The van der Waals surface area contributed by atoms with Gasteiger partial charge in [0.15, 0.2) is 0 Å². The fourth-order valence-electron chi connectivity index (χ4n) is 7.79. The summed E-state index contributed by atoms with van der Waals surface area (Å²) in [6, 6.07) is 75.7. The van der Waals surface area contributed by atoms with Crippen molar-refractivity contribution < 1.29 is 4.42 Å². The van der Waals surface area contributed by atoms with Crippen molar-refractivity contribution in [3.8, 4) is 44.5 Å². The van der Waals surface area contributed by atoms with Crippen LogP contribution in [0.4, 0.5) is 17.1 Å². The van der Waals surface area contributed by atoms with Gasteiger partial charge in [0.05, 0.1) is 5.69 Å². The molecule has 0 amide bonds. The SMILES string of the molecule is c1ccc(-c2ccc(N(c3ccc(-c4ccccc4)cc3)c3ccccc3-c3ccc(-c4cccc5c4oc4c6ccccc6ccc54)cc3)cc2)cc1. The first-order valence-electron chi connectivity index (χ1n) is 18.4. The van der Waals surface area contributed by atoms with Gasteiger partial charge in [0.25, 0.3) is 0 Å². The molecule has 54 heavy (non-hydrogen) atoms. The molecule has 0 atom stereocenters. The fourth-order valence-corrected chi connectivity index (χ4v) is 7.79. The maximum atomic E-state index is 6.68. The first-order chi connectivity index (χ1) is 26.8. The van der Waals surface area contributed by atoms with E-state index in [1.165, 1.54) is 27.6 Å². The van der Waals surface area contributed by atoms with Crippen LogP contribution in [0.3, 0.4) is 0 Å². The van der Waals surface area contributed by atoms with E-state index in [1.54, 1.807) is 0 Å². The minimum Gasteiger partial charge on any atom is -0.455 e.